The van der Waals surface area contributed by atoms with Gasteiger partial charge in [-0.05, 0) is 75.2 Å². The van der Waals surface area contributed by atoms with E-state index in [1.165, 1.54) is 0 Å². The summed E-state index contributed by atoms with van der Waals surface area (Å²) in [5.74, 6) is 1.66. The minimum atomic E-state index is 0.0174. The number of rotatable bonds is 6. The van der Waals surface area contributed by atoms with Crippen LogP contribution in [0.15, 0.2) is 48.5 Å². The van der Waals surface area contributed by atoms with E-state index in [0.717, 1.165) is 54.0 Å². The highest BCUT2D eigenvalue weighted by Gasteiger charge is 2.25. The average Bonchev–Trinajstić information content (AvgIpc) is 3.28. The lowest BCUT2D eigenvalue weighted by Gasteiger charge is -2.34. The molecule has 2 aliphatic rings. The lowest BCUT2D eigenvalue weighted by atomic mass is 10.1. The standard InChI is InChI=1S/C28H35N3O4/c1-20(2)29-12-10-24(11-13-29)35-25-8-9-26-21(18-25)19-27(28(32)30-14-16-34-17-15-30)31(26)22-4-6-23(33-3)7-5-22/h4-9,18-20,24H,10-17H2,1-3H3. The Kier molecular flexibility index (Phi) is 6.97. The van der Waals surface area contributed by atoms with Crippen LogP contribution in [0.1, 0.15) is 37.2 Å². The van der Waals surface area contributed by atoms with Crippen molar-refractivity contribution < 1.29 is 19.0 Å². The van der Waals surface area contributed by atoms with Crippen molar-refractivity contribution >= 4 is 16.8 Å². The van der Waals surface area contributed by atoms with Gasteiger partial charge in [-0.2, -0.15) is 0 Å². The predicted molar refractivity (Wildman–Crippen MR) is 137 cm³/mol. The molecule has 0 radical (unpaired) electrons. The second kappa shape index (κ2) is 10.3. The molecule has 2 aliphatic heterocycles. The lowest BCUT2D eigenvalue weighted by molar-refractivity contribution is 0.0298. The number of aromatic nitrogens is 1. The Morgan fingerprint density at radius 2 is 1.63 bits per heavy atom. The van der Waals surface area contributed by atoms with E-state index in [4.69, 9.17) is 14.2 Å². The van der Waals surface area contributed by atoms with Crippen LogP contribution in [-0.2, 0) is 4.74 Å². The molecule has 2 aromatic carbocycles. The molecule has 0 aliphatic carbocycles. The minimum Gasteiger partial charge on any atom is -0.497 e. The third-order valence-electron chi connectivity index (χ3n) is 7.13. The maximum atomic E-state index is 13.6. The van der Waals surface area contributed by atoms with Crippen molar-refractivity contribution in [1.82, 2.24) is 14.4 Å². The molecule has 2 fully saturated rings. The number of carbonyl (C=O) groups excluding carboxylic acids is 1. The third-order valence-corrected chi connectivity index (χ3v) is 7.13. The van der Waals surface area contributed by atoms with Gasteiger partial charge in [0.05, 0.1) is 25.8 Å². The van der Waals surface area contributed by atoms with Gasteiger partial charge in [0, 0.05) is 43.3 Å². The van der Waals surface area contributed by atoms with Crippen molar-refractivity contribution in [2.75, 3.05) is 46.5 Å². The highest BCUT2D eigenvalue weighted by Crippen LogP contribution is 2.31. The summed E-state index contributed by atoms with van der Waals surface area (Å²) in [5.41, 5.74) is 2.55. The van der Waals surface area contributed by atoms with Gasteiger partial charge < -0.3 is 28.6 Å². The number of ether oxygens (including phenoxy) is 3. The van der Waals surface area contributed by atoms with Gasteiger partial charge in [-0.25, -0.2) is 0 Å². The molecule has 0 saturated carbocycles. The van der Waals surface area contributed by atoms with Crippen LogP contribution < -0.4 is 9.47 Å². The van der Waals surface area contributed by atoms with Crippen LogP contribution in [0.25, 0.3) is 16.6 Å². The molecule has 7 nitrogen and oxygen atoms in total. The van der Waals surface area contributed by atoms with E-state index in [-0.39, 0.29) is 12.0 Å². The predicted octanol–water partition coefficient (Wildman–Crippen LogP) is 4.36. The zero-order valence-electron chi connectivity index (χ0n) is 20.9. The van der Waals surface area contributed by atoms with Gasteiger partial charge in [0.15, 0.2) is 0 Å². The molecule has 1 amide bonds. The first-order valence-electron chi connectivity index (χ1n) is 12.6. The van der Waals surface area contributed by atoms with E-state index in [9.17, 15) is 4.79 Å². The summed E-state index contributed by atoms with van der Waals surface area (Å²) in [7, 11) is 1.65. The fourth-order valence-corrected chi connectivity index (χ4v) is 5.06. The summed E-state index contributed by atoms with van der Waals surface area (Å²) in [5, 5.41) is 0.995. The summed E-state index contributed by atoms with van der Waals surface area (Å²) >= 11 is 0. The Bertz CT molecular complexity index is 1160. The SMILES string of the molecule is COc1ccc(-n2c(C(=O)N3CCOCC3)cc3cc(OC4CCN(C(C)C)CC4)ccc32)cc1. The summed E-state index contributed by atoms with van der Waals surface area (Å²) in [6.45, 7) is 8.98. The van der Waals surface area contributed by atoms with Crippen LogP contribution in [-0.4, -0.2) is 78.9 Å². The number of likely N-dealkylation sites (tertiary alicyclic amines) is 1. The van der Waals surface area contributed by atoms with Gasteiger partial charge in [0.2, 0.25) is 0 Å². The molecule has 0 bridgehead atoms. The molecule has 0 unspecified atom stereocenters. The van der Waals surface area contributed by atoms with E-state index >= 15 is 0 Å². The van der Waals surface area contributed by atoms with Crippen LogP contribution in [0.4, 0.5) is 0 Å². The van der Waals surface area contributed by atoms with Crippen molar-refractivity contribution in [3.8, 4) is 17.2 Å². The van der Waals surface area contributed by atoms with E-state index in [1.807, 2.05) is 45.9 Å². The summed E-state index contributed by atoms with van der Waals surface area (Å²) in [4.78, 5) is 17.9. The number of amides is 1. The normalized spacial score (nSPS) is 17.8. The number of hydrogen-bond acceptors (Lipinski definition) is 5. The van der Waals surface area contributed by atoms with Crippen molar-refractivity contribution in [3.05, 3.63) is 54.2 Å². The van der Waals surface area contributed by atoms with Crippen molar-refractivity contribution in [2.24, 2.45) is 0 Å². The molecule has 7 heteroatoms. The van der Waals surface area contributed by atoms with Crippen molar-refractivity contribution in [3.63, 3.8) is 0 Å². The Morgan fingerprint density at radius 3 is 2.29 bits per heavy atom. The fraction of sp³-hybridized carbons (Fsp3) is 0.464. The summed E-state index contributed by atoms with van der Waals surface area (Å²) in [6.07, 6.45) is 2.29. The molecule has 3 aromatic rings. The number of piperidine rings is 1. The molecule has 2 saturated heterocycles. The molecule has 3 heterocycles. The molecule has 186 valence electrons. The number of benzene rings is 2. The quantitative estimate of drug-likeness (QED) is 0.528. The van der Waals surface area contributed by atoms with Crippen molar-refractivity contribution in [2.45, 2.75) is 38.8 Å². The van der Waals surface area contributed by atoms with E-state index in [2.05, 4.69) is 30.9 Å². The highest BCUT2D eigenvalue weighted by molar-refractivity contribution is 6.00. The molecular weight excluding hydrogens is 442 g/mol. The Balaban J connectivity index is 1.46. The zero-order chi connectivity index (χ0) is 24.4. The van der Waals surface area contributed by atoms with Crippen LogP contribution in [0.3, 0.4) is 0 Å². The number of morpholine rings is 1. The first-order valence-corrected chi connectivity index (χ1v) is 12.6. The molecule has 1 aromatic heterocycles. The lowest BCUT2D eigenvalue weighted by Crippen LogP contribution is -2.41. The Morgan fingerprint density at radius 1 is 0.943 bits per heavy atom. The van der Waals surface area contributed by atoms with E-state index < -0.39 is 0 Å². The molecule has 0 N–H and O–H groups in total. The molecule has 35 heavy (non-hydrogen) atoms. The van der Waals surface area contributed by atoms with Crippen molar-refractivity contribution in [1.29, 1.82) is 0 Å². The highest BCUT2D eigenvalue weighted by atomic mass is 16.5. The number of fused-ring (bicyclic) bond motifs is 1. The number of methoxy groups -OCH3 is 1. The van der Waals surface area contributed by atoms with Gasteiger partial charge in [0.25, 0.3) is 5.91 Å². The minimum absolute atomic E-state index is 0.0174. The zero-order valence-corrected chi connectivity index (χ0v) is 20.9. The van der Waals surface area contributed by atoms with Gasteiger partial charge in [-0.15, -0.1) is 0 Å². The summed E-state index contributed by atoms with van der Waals surface area (Å²) < 4.78 is 19.2. The average molecular weight is 478 g/mol. The molecule has 0 atom stereocenters. The first-order chi connectivity index (χ1) is 17.0. The van der Waals surface area contributed by atoms with Gasteiger partial charge in [0.1, 0.15) is 23.3 Å². The van der Waals surface area contributed by atoms with Crippen LogP contribution in [0.5, 0.6) is 11.5 Å². The van der Waals surface area contributed by atoms with E-state index in [1.54, 1.807) is 7.11 Å². The second-order valence-corrected chi connectivity index (χ2v) is 9.64. The molecular formula is C28H35N3O4. The fourth-order valence-electron chi connectivity index (χ4n) is 5.06. The second-order valence-electron chi connectivity index (χ2n) is 9.64. The topological polar surface area (TPSA) is 56.2 Å². The Labute approximate surface area is 207 Å². The molecule has 0 spiro atoms. The monoisotopic (exact) mass is 477 g/mol. The molecule has 5 rings (SSSR count). The maximum absolute atomic E-state index is 13.6. The third kappa shape index (κ3) is 5.02. The van der Waals surface area contributed by atoms with Gasteiger partial charge >= 0.3 is 0 Å². The van der Waals surface area contributed by atoms with Gasteiger partial charge in [-0.1, -0.05) is 0 Å². The largest absolute Gasteiger partial charge is 0.497 e. The van der Waals surface area contributed by atoms with Gasteiger partial charge in [-0.3, -0.25) is 4.79 Å². The summed E-state index contributed by atoms with van der Waals surface area (Å²) in [6, 6.07) is 16.5. The van der Waals surface area contributed by atoms with E-state index in [0.29, 0.717) is 38.0 Å². The number of nitrogens with zero attached hydrogens (tertiary/aromatic N) is 3. The number of carbonyl (C=O) groups is 1. The Hall–Kier alpha value is -3.03. The van der Waals surface area contributed by atoms with Crippen LogP contribution >= 0.6 is 0 Å². The maximum Gasteiger partial charge on any atom is 0.271 e. The van der Waals surface area contributed by atoms with Crippen LogP contribution in [0, 0.1) is 0 Å². The first kappa shape index (κ1) is 23.7. The van der Waals surface area contributed by atoms with Crippen LogP contribution in [0.2, 0.25) is 0 Å². The number of hydrogen-bond donors (Lipinski definition) is 0. The smallest absolute Gasteiger partial charge is 0.271 e.